The van der Waals surface area contributed by atoms with Crippen LogP contribution in [0.4, 0.5) is 0 Å². The molecule has 0 N–H and O–H groups in total. The van der Waals surface area contributed by atoms with E-state index in [2.05, 4.69) is 19.1 Å². The number of aryl methyl sites for hydroxylation is 4. The number of ether oxygens (including phenoxy) is 1. The minimum atomic E-state index is -0.220. The van der Waals surface area contributed by atoms with Crippen molar-refractivity contribution in [2.75, 3.05) is 0 Å². The van der Waals surface area contributed by atoms with Gasteiger partial charge in [-0.3, -0.25) is 4.79 Å². The Labute approximate surface area is 165 Å². The first kappa shape index (κ1) is 22.0. The molecule has 0 radical (unpaired) electrons. The van der Waals surface area contributed by atoms with E-state index in [-0.39, 0.29) is 38.6 Å². The number of hydrogen-bond donors (Lipinski definition) is 0. The third-order valence-corrected chi connectivity index (χ3v) is 5.08. The van der Waals surface area contributed by atoms with Crippen LogP contribution in [0.2, 0.25) is 0 Å². The maximum absolute atomic E-state index is 12.8. The zero-order chi connectivity index (χ0) is 18.1. The molecule has 2 aromatic rings. The summed E-state index contributed by atoms with van der Waals surface area (Å²) in [5, 5.41) is 1.08. The predicted octanol–water partition coefficient (Wildman–Crippen LogP) is 4.59. The van der Waals surface area contributed by atoms with Gasteiger partial charge in [-0.2, -0.15) is 0 Å². The van der Waals surface area contributed by atoms with Crippen LogP contribution in [0.1, 0.15) is 53.4 Å². The van der Waals surface area contributed by atoms with Crippen molar-refractivity contribution >= 4 is 38.3 Å². The molecule has 0 aliphatic rings. The molecule has 0 spiro atoms. The second-order valence-corrected chi connectivity index (χ2v) is 8.66. The Morgan fingerprint density at radius 3 is 1.96 bits per heavy atom. The van der Waals surface area contributed by atoms with Crippen molar-refractivity contribution in [2.45, 2.75) is 54.1 Å². The van der Waals surface area contributed by atoms with E-state index in [0.717, 1.165) is 33.3 Å². The second kappa shape index (κ2) is 8.55. The van der Waals surface area contributed by atoms with Crippen LogP contribution in [0.3, 0.4) is 0 Å². The Kier molecular flexibility index (Phi) is 7.51. The van der Waals surface area contributed by atoms with E-state index in [1.807, 2.05) is 59.7 Å². The first-order valence-corrected chi connectivity index (χ1v) is 9.26. The quantitative estimate of drug-likeness (QED) is 0.595. The Hall–Kier alpha value is -1.06. The fourth-order valence-electron chi connectivity index (χ4n) is 2.92. The van der Waals surface area contributed by atoms with Crippen LogP contribution < -0.4 is 10.0 Å². The molecular weight excluding hydrogens is 322 g/mol. The van der Waals surface area contributed by atoms with Gasteiger partial charge in [-0.1, -0.05) is 23.8 Å². The molecule has 0 saturated carbocycles. The van der Waals surface area contributed by atoms with Crippen molar-refractivity contribution in [1.82, 2.24) is 0 Å². The molecule has 4 heteroatoms. The van der Waals surface area contributed by atoms with Crippen molar-refractivity contribution < 1.29 is 9.53 Å². The van der Waals surface area contributed by atoms with E-state index < -0.39 is 0 Å². The van der Waals surface area contributed by atoms with Crippen LogP contribution in [-0.4, -0.2) is 30.0 Å². The van der Waals surface area contributed by atoms with Gasteiger partial charge in [0.15, 0.2) is 5.52 Å². The van der Waals surface area contributed by atoms with Gasteiger partial charge >= 0.3 is 18.9 Å². The molecule has 0 bridgehead atoms. The molecular formula is C21H28LiO2P. The Morgan fingerprint density at radius 1 is 0.920 bits per heavy atom. The van der Waals surface area contributed by atoms with E-state index in [1.54, 1.807) is 0 Å². The van der Waals surface area contributed by atoms with Crippen LogP contribution in [0, 0.1) is 27.7 Å². The molecule has 0 aromatic heterocycles. The topological polar surface area (TPSA) is 26.3 Å². The molecule has 1 unspecified atom stereocenters. The van der Waals surface area contributed by atoms with Crippen molar-refractivity contribution in [3.05, 3.63) is 58.1 Å². The van der Waals surface area contributed by atoms with Crippen molar-refractivity contribution in [1.29, 1.82) is 0 Å². The predicted molar refractivity (Wildman–Crippen MR) is 112 cm³/mol. The van der Waals surface area contributed by atoms with Gasteiger partial charge in [0.2, 0.25) is 0 Å². The van der Waals surface area contributed by atoms with E-state index >= 15 is 0 Å². The Morgan fingerprint density at radius 2 is 1.48 bits per heavy atom. The third kappa shape index (κ3) is 6.00. The molecule has 0 fully saturated rings. The van der Waals surface area contributed by atoms with Crippen LogP contribution in [0.15, 0.2) is 30.3 Å². The van der Waals surface area contributed by atoms with Crippen LogP contribution in [0.5, 0.6) is 5.75 Å². The normalized spacial score (nSPS) is 11.5. The van der Waals surface area contributed by atoms with Gasteiger partial charge in [-0.15, -0.1) is 0 Å². The number of benzene rings is 2. The molecule has 0 aliphatic heterocycles. The van der Waals surface area contributed by atoms with E-state index in [0.29, 0.717) is 0 Å². The molecule has 25 heavy (non-hydrogen) atoms. The zero-order valence-electron chi connectivity index (χ0n) is 15.7. The number of carbonyl (C=O) groups excluding carboxylic acids is 1. The summed E-state index contributed by atoms with van der Waals surface area (Å²) in [5.41, 5.74) is 5.29. The van der Waals surface area contributed by atoms with Crippen molar-refractivity contribution in [3.8, 4) is 5.75 Å². The molecule has 2 nitrogen and oxygen atoms in total. The number of hydrogen-bond acceptors (Lipinski definition) is 2. The Balaban J connectivity index is 0.00000312. The average molecular weight is 350 g/mol. The van der Waals surface area contributed by atoms with Crippen LogP contribution >= 0.6 is 8.58 Å². The minimum absolute atomic E-state index is 0. The number of carbonyl (C=O) groups is 1. The molecule has 0 amide bonds. The fourth-order valence-corrected chi connectivity index (χ4v) is 4.12. The second-order valence-electron chi connectivity index (χ2n) is 7.42. The zero-order valence-corrected chi connectivity index (χ0v) is 16.7. The van der Waals surface area contributed by atoms with Crippen LogP contribution in [-0.2, 0) is 0 Å². The molecule has 2 rings (SSSR count). The summed E-state index contributed by atoms with van der Waals surface area (Å²) in [7, 11) is 0.134. The van der Waals surface area contributed by atoms with Gasteiger partial charge in [0.1, 0.15) is 11.4 Å². The molecule has 0 aliphatic carbocycles. The third-order valence-electron chi connectivity index (χ3n) is 3.77. The van der Waals surface area contributed by atoms with Crippen molar-refractivity contribution in [3.63, 3.8) is 0 Å². The summed E-state index contributed by atoms with van der Waals surface area (Å²) in [5.74, 6) is 0.851. The summed E-state index contributed by atoms with van der Waals surface area (Å²) < 4.78 is 5.90. The van der Waals surface area contributed by atoms with E-state index in [4.69, 9.17) is 4.74 Å². The summed E-state index contributed by atoms with van der Waals surface area (Å²) in [6, 6.07) is 10.2. The first-order chi connectivity index (χ1) is 11.1. The van der Waals surface area contributed by atoms with Gasteiger partial charge in [-0.05, 0) is 91.2 Å². The average Bonchev–Trinajstić information content (AvgIpc) is 2.38. The molecule has 1 atom stereocenters. The fraction of sp³-hybridized carbons (Fsp3) is 0.381. The monoisotopic (exact) mass is 350 g/mol. The first-order valence-electron chi connectivity index (χ1n) is 8.26. The molecule has 0 heterocycles. The standard InChI is InChI=1S/C21H27O2P.Li.H/c1-13-10-15(3)19(16(4)11-13)20(22)24-18-9-8-17(12-14(18)2)23-21(5,6)7;;/h8-12,24H,1-7H3;;. The van der Waals surface area contributed by atoms with Crippen LogP contribution in [0.25, 0.3) is 0 Å². The SMILES string of the molecule is Cc1cc(C)c(C(=O)Pc2ccc(OC(C)(C)C)cc2C)c(C)c1.[LiH]. The summed E-state index contributed by atoms with van der Waals surface area (Å²) >= 11 is 0. The Bertz CT molecular complexity index is 753. The van der Waals surface area contributed by atoms with E-state index in [9.17, 15) is 4.79 Å². The number of rotatable bonds is 4. The molecule has 130 valence electrons. The molecule has 0 saturated heterocycles. The molecule has 2 aromatic carbocycles. The van der Waals surface area contributed by atoms with Gasteiger partial charge in [0.25, 0.3) is 0 Å². The van der Waals surface area contributed by atoms with Gasteiger partial charge in [0.05, 0.1) is 0 Å². The van der Waals surface area contributed by atoms with Gasteiger partial charge in [0, 0.05) is 5.56 Å². The van der Waals surface area contributed by atoms with E-state index in [1.165, 1.54) is 5.56 Å². The summed E-state index contributed by atoms with van der Waals surface area (Å²) in [6.45, 7) is 14.2. The maximum atomic E-state index is 12.8. The summed E-state index contributed by atoms with van der Waals surface area (Å²) in [4.78, 5) is 12.8. The van der Waals surface area contributed by atoms with Gasteiger partial charge < -0.3 is 4.74 Å². The van der Waals surface area contributed by atoms with Gasteiger partial charge in [-0.25, -0.2) is 0 Å². The van der Waals surface area contributed by atoms with Crippen molar-refractivity contribution in [2.24, 2.45) is 0 Å². The summed E-state index contributed by atoms with van der Waals surface area (Å²) in [6.07, 6.45) is 0.